The molecule has 1 fully saturated rings. The van der Waals surface area contributed by atoms with Gasteiger partial charge in [-0.25, -0.2) is 4.79 Å². The predicted molar refractivity (Wildman–Crippen MR) is 78.5 cm³/mol. The summed E-state index contributed by atoms with van der Waals surface area (Å²) >= 11 is 0. The lowest BCUT2D eigenvalue weighted by Gasteiger charge is -2.35. The van der Waals surface area contributed by atoms with Crippen LogP contribution in [0.15, 0.2) is 0 Å². The minimum Gasteiger partial charge on any atom is -0.481 e. The second-order valence-corrected chi connectivity index (χ2v) is 6.38. The summed E-state index contributed by atoms with van der Waals surface area (Å²) in [5.74, 6) is -0.422. The molecule has 0 radical (unpaired) electrons. The van der Waals surface area contributed by atoms with Crippen molar-refractivity contribution in [3.8, 4) is 0 Å². The van der Waals surface area contributed by atoms with Crippen LogP contribution in [0.3, 0.4) is 0 Å². The monoisotopic (exact) mass is 284 g/mol. The maximum absolute atomic E-state index is 12.2. The number of amides is 2. The summed E-state index contributed by atoms with van der Waals surface area (Å²) < 4.78 is 0. The Bertz CT molecular complexity index is 346. The second-order valence-electron chi connectivity index (χ2n) is 6.38. The molecule has 0 aromatic heterocycles. The molecule has 116 valence electrons. The van der Waals surface area contributed by atoms with Gasteiger partial charge in [0.15, 0.2) is 0 Å². The lowest BCUT2D eigenvalue weighted by molar-refractivity contribution is -0.143. The number of nitrogens with zero attached hydrogens (tertiary/aromatic N) is 1. The van der Waals surface area contributed by atoms with Gasteiger partial charge in [-0.1, -0.05) is 27.2 Å². The van der Waals surface area contributed by atoms with Crippen LogP contribution in [0, 0.1) is 17.8 Å². The molecule has 2 N–H and O–H groups in total. The predicted octanol–water partition coefficient (Wildman–Crippen LogP) is 2.56. The van der Waals surface area contributed by atoms with Crippen molar-refractivity contribution < 1.29 is 14.7 Å². The molecule has 20 heavy (non-hydrogen) atoms. The van der Waals surface area contributed by atoms with Crippen molar-refractivity contribution in [3.05, 3.63) is 0 Å². The Balaban J connectivity index is 2.51. The van der Waals surface area contributed by atoms with Crippen molar-refractivity contribution in [1.82, 2.24) is 10.2 Å². The van der Waals surface area contributed by atoms with E-state index in [-0.39, 0.29) is 18.0 Å². The van der Waals surface area contributed by atoms with Gasteiger partial charge in [0.05, 0.1) is 5.92 Å². The average Bonchev–Trinajstić information content (AvgIpc) is 2.37. The van der Waals surface area contributed by atoms with Crippen LogP contribution in [0.2, 0.25) is 0 Å². The van der Waals surface area contributed by atoms with E-state index in [1.54, 1.807) is 4.90 Å². The van der Waals surface area contributed by atoms with Crippen molar-refractivity contribution in [2.45, 2.75) is 53.0 Å². The third-order valence-corrected chi connectivity index (χ3v) is 4.12. The molecule has 5 heteroatoms. The SMILES string of the molecule is CCC(C)CC(C)NC(=O)N1CC(C)CC(C(=O)O)C1. The molecule has 5 nitrogen and oxygen atoms in total. The highest BCUT2D eigenvalue weighted by atomic mass is 16.4. The zero-order valence-corrected chi connectivity index (χ0v) is 13.1. The number of nitrogens with one attached hydrogen (secondary N) is 1. The Morgan fingerprint density at radius 2 is 2.00 bits per heavy atom. The van der Waals surface area contributed by atoms with Gasteiger partial charge < -0.3 is 15.3 Å². The first kappa shape index (κ1) is 16.8. The Hall–Kier alpha value is -1.26. The molecule has 0 saturated carbocycles. The van der Waals surface area contributed by atoms with Crippen molar-refractivity contribution in [3.63, 3.8) is 0 Å². The number of carbonyl (C=O) groups excluding carboxylic acids is 1. The van der Waals surface area contributed by atoms with Gasteiger partial charge in [0.25, 0.3) is 0 Å². The molecule has 1 saturated heterocycles. The molecule has 0 spiro atoms. The second kappa shape index (κ2) is 7.50. The van der Waals surface area contributed by atoms with Gasteiger partial charge in [-0.15, -0.1) is 0 Å². The summed E-state index contributed by atoms with van der Waals surface area (Å²) in [6, 6.07) is -0.00318. The number of piperidine rings is 1. The summed E-state index contributed by atoms with van der Waals surface area (Å²) in [6.45, 7) is 9.28. The van der Waals surface area contributed by atoms with E-state index in [1.807, 2.05) is 13.8 Å². The maximum atomic E-state index is 12.2. The molecule has 0 aromatic carbocycles. The largest absolute Gasteiger partial charge is 0.481 e. The van der Waals surface area contributed by atoms with Gasteiger partial charge in [0.1, 0.15) is 0 Å². The summed E-state index contributed by atoms with van der Waals surface area (Å²) in [4.78, 5) is 25.0. The molecule has 0 aromatic rings. The minimum atomic E-state index is -0.804. The highest BCUT2D eigenvalue weighted by Crippen LogP contribution is 2.22. The highest BCUT2D eigenvalue weighted by Gasteiger charge is 2.32. The van der Waals surface area contributed by atoms with Crippen molar-refractivity contribution in [2.24, 2.45) is 17.8 Å². The number of carboxylic acids is 1. The maximum Gasteiger partial charge on any atom is 0.317 e. The molecule has 4 atom stereocenters. The van der Waals surface area contributed by atoms with Crippen molar-refractivity contribution in [1.29, 1.82) is 0 Å². The van der Waals surface area contributed by atoms with E-state index in [2.05, 4.69) is 19.2 Å². The lowest BCUT2D eigenvalue weighted by Crippen LogP contribution is -2.51. The quantitative estimate of drug-likeness (QED) is 0.815. The number of hydrogen-bond donors (Lipinski definition) is 2. The fourth-order valence-electron chi connectivity index (χ4n) is 2.83. The fraction of sp³-hybridized carbons (Fsp3) is 0.867. The van der Waals surface area contributed by atoms with Crippen molar-refractivity contribution >= 4 is 12.0 Å². The number of carboxylic acid groups (broad SMARTS) is 1. The van der Waals surface area contributed by atoms with E-state index < -0.39 is 11.9 Å². The smallest absolute Gasteiger partial charge is 0.317 e. The van der Waals surface area contributed by atoms with Gasteiger partial charge in [-0.2, -0.15) is 0 Å². The van der Waals surface area contributed by atoms with Gasteiger partial charge in [0, 0.05) is 19.1 Å². The summed E-state index contributed by atoms with van der Waals surface area (Å²) in [6.07, 6.45) is 2.71. The number of aliphatic carboxylic acids is 1. The number of hydrogen-bond acceptors (Lipinski definition) is 2. The van der Waals surface area contributed by atoms with E-state index in [4.69, 9.17) is 5.11 Å². The number of rotatable bonds is 5. The molecular formula is C15H28N2O3. The standard InChI is InChI=1S/C15H28N2O3/c1-5-10(2)6-12(4)16-15(20)17-8-11(3)7-13(9-17)14(18)19/h10-13H,5-9H2,1-4H3,(H,16,20)(H,18,19). The van der Waals surface area contributed by atoms with E-state index in [9.17, 15) is 9.59 Å². The van der Waals surface area contributed by atoms with Crippen molar-refractivity contribution in [2.75, 3.05) is 13.1 Å². The van der Waals surface area contributed by atoms with E-state index in [1.165, 1.54) is 0 Å². The molecule has 1 rings (SSSR count). The van der Waals surface area contributed by atoms with Crippen LogP contribution in [0.1, 0.15) is 47.0 Å². The Morgan fingerprint density at radius 1 is 1.35 bits per heavy atom. The molecule has 4 unspecified atom stereocenters. The zero-order valence-electron chi connectivity index (χ0n) is 13.1. The van der Waals surface area contributed by atoms with E-state index >= 15 is 0 Å². The average molecular weight is 284 g/mol. The molecule has 1 aliphatic rings. The van der Waals surface area contributed by atoms with Crippen LogP contribution >= 0.6 is 0 Å². The first-order valence-electron chi connectivity index (χ1n) is 7.61. The Labute approximate surface area is 121 Å². The molecular weight excluding hydrogens is 256 g/mol. The lowest BCUT2D eigenvalue weighted by atomic mass is 9.91. The van der Waals surface area contributed by atoms with Crippen LogP contribution in [0.4, 0.5) is 4.79 Å². The van der Waals surface area contributed by atoms with Gasteiger partial charge in [-0.05, 0) is 31.6 Å². The molecule has 1 aliphatic heterocycles. The van der Waals surface area contributed by atoms with E-state index in [0.29, 0.717) is 25.4 Å². The Morgan fingerprint density at radius 3 is 2.55 bits per heavy atom. The van der Waals surface area contributed by atoms with Crippen LogP contribution in [-0.4, -0.2) is 41.1 Å². The number of likely N-dealkylation sites (tertiary alicyclic amines) is 1. The number of carbonyl (C=O) groups is 2. The normalized spacial score (nSPS) is 25.9. The molecule has 0 aliphatic carbocycles. The molecule has 0 bridgehead atoms. The van der Waals surface area contributed by atoms with Crippen LogP contribution in [0.25, 0.3) is 0 Å². The van der Waals surface area contributed by atoms with Gasteiger partial charge in [-0.3, -0.25) is 4.79 Å². The summed E-state index contributed by atoms with van der Waals surface area (Å²) in [5, 5.41) is 12.1. The fourth-order valence-corrected chi connectivity index (χ4v) is 2.83. The topological polar surface area (TPSA) is 69.6 Å². The minimum absolute atomic E-state index is 0.123. The third-order valence-electron chi connectivity index (χ3n) is 4.12. The van der Waals surface area contributed by atoms with Gasteiger partial charge in [0.2, 0.25) is 0 Å². The van der Waals surface area contributed by atoms with Crippen LogP contribution in [0.5, 0.6) is 0 Å². The van der Waals surface area contributed by atoms with Crippen LogP contribution < -0.4 is 5.32 Å². The van der Waals surface area contributed by atoms with E-state index in [0.717, 1.165) is 12.8 Å². The highest BCUT2D eigenvalue weighted by molar-refractivity contribution is 5.76. The first-order chi connectivity index (χ1) is 9.33. The summed E-state index contributed by atoms with van der Waals surface area (Å²) in [7, 11) is 0. The zero-order chi connectivity index (χ0) is 15.3. The molecule has 2 amide bonds. The first-order valence-corrected chi connectivity index (χ1v) is 7.61. The summed E-state index contributed by atoms with van der Waals surface area (Å²) in [5.41, 5.74) is 0. The van der Waals surface area contributed by atoms with Gasteiger partial charge >= 0.3 is 12.0 Å². The Kier molecular flexibility index (Phi) is 6.30. The molecule has 1 heterocycles. The van der Waals surface area contributed by atoms with Crippen LogP contribution in [-0.2, 0) is 4.79 Å². The number of urea groups is 1. The third kappa shape index (κ3) is 5.02.